The highest BCUT2D eigenvalue weighted by molar-refractivity contribution is 5.89. The van der Waals surface area contributed by atoms with Crippen molar-refractivity contribution in [3.8, 4) is 0 Å². The molecule has 0 radical (unpaired) electrons. The van der Waals surface area contributed by atoms with Crippen LogP contribution in [0.15, 0.2) is 42.0 Å². The van der Waals surface area contributed by atoms with E-state index in [0.717, 1.165) is 18.4 Å². The first-order valence-electron chi connectivity index (χ1n) is 9.58. The van der Waals surface area contributed by atoms with Crippen molar-refractivity contribution in [1.82, 2.24) is 0 Å². The predicted octanol–water partition coefficient (Wildman–Crippen LogP) is 3.64. The minimum Gasteiger partial charge on any atom is -0.458 e. The third-order valence-corrected chi connectivity index (χ3v) is 5.28. The molecule has 2 N–H and O–H groups in total. The third-order valence-electron chi connectivity index (χ3n) is 5.28. The number of carbonyl (C=O) groups is 1. The van der Waals surface area contributed by atoms with Crippen LogP contribution in [-0.2, 0) is 9.47 Å². The topological polar surface area (TPSA) is 76.0 Å². The van der Waals surface area contributed by atoms with Gasteiger partial charge in [0.05, 0.1) is 29.0 Å². The van der Waals surface area contributed by atoms with E-state index in [0.29, 0.717) is 18.4 Å². The van der Waals surface area contributed by atoms with Gasteiger partial charge >= 0.3 is 5.97 Å². The fraction of sp³-hybridized carbons (Fsp3) is 0.591. The van der Waals surface area contributed by atoms with Gasteiger partial charge in [-0.1, -0.05) is 23.8 Å². The minimum absolute atomic E-state index is 0.212. The number of allylic oxidation sites excluding steroid dienone is 1. The molecule has 0 unspecified atom stereocenters. The Morgan fingerprint density at radius 1 is 1.41 bits per heavy atom. The zero-order valence-electron chi connectivity index (χ0n) is 16.8. The molecule has 1 heterocycles. The summed E-state index contributed by atoms with van der Waals surface area (Å²) < 4.78 is 11.2. The van der Waals surface area contributed by atoms with Gasteiger partial charge in [-0.3, -0.25) is 0 Å². The van der Waals surface area contributed by atoms with Crippen molar-refractivity contribution in [3.05, 3.63) is 47.5 Å². The van der Waals surface area contributed by atoms with E-state index in [4.69, 9.17) is 9.47 Å². The minimum atomic E-state index is -0.907. The van der Waals surface area contributed by atoms with Crippen LogP contribution in [0.1, 0.15) is 63.7 Å². The monoisotopic (exact) mass is 376 g/mol. The fourth-order valence-electron chi connectivity index (χ4n) is 3.29. The fourth-order valence-corrected chi connectivity index (χ4v) is 3.29. The third kappa shape index (κ3) is 6.16. The van der Waals surface area contributed by atoms with Crippen molar-refractivity contribution in [2.45, 2.75) is 76.8 Å². The van der Waals surface area contributed by atoms with Crippen LogP contribution >= 0.6 is 0 Å². The zero-order chi connectivity index (χ0) is 20.1. The molecule has 1 aromatic carbocycles. The summed E-state index contributed by atoms with van der Waals surface area (Å²) in [6.45, 7) is 7.55. The van der Waals surface area contributed by atoms with Crippen LogP contribution in [0.5, 0.6) is 0 Å². The van der Waals surface area contributed by atoms with Gasteiger partial charge in [0.2, 0.25) is 0 Å². The molecule has 0 saturated carbocycles. The first kappa shape index (κ1) is 21.6. The maximum atomic E-state index is 11.9. The molecule has 2 rings (SSSR count). The lowest BCUT2D eigenvalue weighted by Gasteiger charge is -2.33. The average molecular weight is 376 g/mol. The molecule has 0 spiro atoms. The number of carbonyl (C=O) groups excluding carboxylic acids is 1. The Hall–Kier alpha value is -1.69. The molecule has 150 valence electrons. The van der Waals surface area contributed by atoms with E-state index in [1.165, 1.54) is 0 Å². The van der Waals surface area contributed by atoms with E-state index >= 15 is 0 Å². The molecule has 1 aromatic rings. The number of benzene rings is 1. The van der Waals surface area contributed by atoms with Gasteiger partial charge in [0.15, 0.2) is 0 Å². The highest BCUT2D eigenvalue weighted by Gasteiger charge is 2.46. The van der Waals surface area contributed by atoms with Gasteiger partial charge in [-0.2, -0.15) is 0 Å². The summed E-state index contributed by atoms with van der Waals surface area (Å²) >= 11 is 0. The number of ether oxygens (including phenoxy) is 2. The van der Waals surface area contributed by atoms with Crippen LogP contribution < -0.4 is 0 Å². The Morgan fingerprint density at radius 3 is 2.67 bits per heavy atom. The van der Waals surface area contributed by atoms with Crippen LogP contribution in [0, 0.1) is 0 Å². The Labute approximate surface area is 162 Å². The number of rotatable bonds is 8. The summed E-state index contributed by atoms with van der Waals surface area (Å²) in [7, 11) is 0. The maximum Gasteiger partial charge on any atom is 0.338 e. The van der Waals surface area contributed by atoms with Crippen LogP contribution in [0.3, 0.4) is 0 Å². The average Bonchev–Trinajstić information content (AvgIpc) is 3.04. The summed E-state index contributed by atoms with van der Waals surface area (Å²) in [5, 5.41) is 20.7. The Bertz CT molecular complexity index is 646. The van der Waals surface area contributed by atoms with Gasteiger partial charge in [-0.05, 0) is 71.6 Å². The molecule has 5 heteroatoms. The van der Waals surface area contributed by atoms with Crippen LogP contribution in [-0.4, -0.2) is 46.2 Å². The molecular formula is C22H32O5. The van der Waals surface area contributed by atoms with Gasteiger partial charge < -0.3 is 19.7 Å². The normalized spacial score (nSPS) is 24.7. The second kappa shape index (κ2) is 9.00. The lowest BCUT2D eigenvalue weighted by molar-refractivity contribution is -0.153. The molecule has 1 saturated heterocycles. The molecule has 27 heavy (non-hydrogen) atoms. The predicted molar refractivity (Wildman–Crippen MR) is 105 cm³/mol. The van der Waals surface area contributed by atoms with Crippen molar-refractivity contribution >= 4 is 5.97 Å². The molecule has 1 aliphatic rings. The number of esters is 1. The van der Waals surface area contributed by atoms with Gasteiger partial charge in [0, 0.05) is 0 Å². The molecular weight excluding hydrogens is 344 g/mol. The highest BCUT2D eigenvalue weighted by Crippen LogP contribution is 2.38. The zero-order valence-corrected chi connectivity index (χ0v) is 16.8. The van der Waals surface area contributed by atoms with Gasteiger partial charge in [-0.15, -0.1) is 0 Å². The molecule has 5 nitrogen and oxygen atoms in total. The molecule has 1 aliphatic heterocycles. The summed E-state index contributed by atoms with van der Waals surface area (Å²) in [6.07, 6.45) is 3.71. The summed E-state index contributed by atoms with van der Waals surface area (Å²) in [4.78, 5) is 11.9. The molecule has 3 atom stereocenters. The SMILES string of the molecule is C/C(=C\COC(=O)c1ccccc1)CC[C@H](O)[C@]1(C)CC[C@H](C(C)(C)O)O1. The summed E-state index contributed by atoms with van der Waals surface area (Å²) in [5.41, 5.74) is 0.0443. The Balaban J connectivity index is 1.76. The Kier molecular flexibility index (Phi) is 7.20. The quantitative estimate of drug-likeness (QED) is 0.535. The maximum absolute atomic E-state index is 11.9. The van der Waals surface area contributed by atoms with Gasteiger partial charge in [-0.25, -0.2) is 4.79 Å². The molecule has 0 amide bonds. The lowest BCUT2D eigenvalue weighted by Crippen LogP contribution is -2.43. The largest absolute Gasteiger partial charge is 0.458 e. The number of hydrogen-bond acceptors (Lipinski definition) is 5. The van der Waals surface area contributed by atoms with Crippen LogP contribution in [0.2, 0.25) is 0 Å². The Morgan fingerprint density at radius 2 is 2.07 bits per heavy atom. The second-order valence-electron chi connectivity index (χ2n) is 8.18. The molecule has 0 aliphatic carbocycles. The number of hydrogen-bond donors (Lipinski definition) is 2. The smallest absolute Gasteiger partial charge is 0.338 e. The number of aliphatic hydroxyl groups excluding tert-OH is 1. The van der Waals surface area contributed by atoms with E-state index in [-0.39, 0.29) is 18.7 Å². The molecule has 0 bridgehead atoms. The van der Waals surface area contributed by atoms with E-state index in [9.17, 15) is 15.0 Å². The molecule has 0 aromatic heterocycles. The first-order chi connectivity index (χ1) is 12.6. The van der Waals surface area contributed by atoms with E-state index in [1.807, 2.05) is 26.0 Å². The van der Waals surface area contributed by atoms with Crippen molar-refractivity contribution in [2.75, 3.05) is 6.61 Å². The summed E-state index contributed by atoms with van der Waals surface area (Å²) in [6, 6.07) is 8.89. The first-order valence-corrected chi connectivity index (χ1v) is 9.58. The van der Waals surface area contributed by atoms with E-state index in [2.05, 4.69) is 0 Å². The van der Waals surface area contributed by atoms with Crippen molar-refractivity contribution in [1.29, 1.82) is 0 Å². The van der Waals surface area contributed by atoms with Crippen molar-refractivity contribution in [2.24, 2.45) is 0 Å². The van der Waals surface area contributed by atoms with Crippen molar-refractivity contribution in [3.63, 3.8) is 0 Å². The lowest BCUT2D eigenvalue weighted by atomic mass is 9.90. The number of aliphatic hydroxyl groups is 2. The second-order valence-corrected chi connectivity index (χ2v) is 8.18. The highest BCUT2D eigenvalue weighted by atomic mass is 16.5. The van der Waals surface area contributed by atoms with Crippen LogP contribution in [0.4, 0.5) is 0 Å². The van der Waals surface area contributed by atoms with E-state index in [1.54, 1.807) is 38.1 Å². The standard InChI is InChI=1S/C22H32O5/c1-16(13-15-26-20(24)17-8-6-5-7-9-17)10-11-18(23)22(4)14-12-19(27-22)21(2,3)25/h5-9,13,18-19,23,25H,10-12,14-15H2,1-4H3/b16-13+/t18-,19+,22-/m0/s1. The van der Waals surface area contributed by atoms with Crippen molar-refractivity contribution < 1.29 is 24.5 Å². The van der Waals surface area contributed by atoms with Gasteiger partial charge in [0.25, 0.3) is 0 Å². The van der Waals surface area contributed by atoms with Gasteiger partial charge in [0.1, 0.15) is 6.61 Å². The molecule has 1 fully saturated rings. The summed E-state index contributed by atoms with van der Waals surface area (Å²) in [5.74, 6) is -0.343. The van der Waals surface area contributed by atoms with Crippen LogP contribution in [0.25, 0.3) is 0 Å². The van der Waals surface area contributed by atoms with E-state index < -0.39 is 17.3 Å².